The summed E-state index contributed by atoms with van der Waals surface area (Å²) in [6, 6.07) is 9.09. The third-order valence-corrected chi connectivity index (χ3v) is 8.21. The molecule has 3 aromatic carbocycles. The van der Waals surface area contributed by atoms with E-state index in [1.807, 2.05) is 5.32 Å². The van der Waals surface area contributed by atoms with Crippen LogP contribution in [0.1, 0.15) is 40.7 Å². The molecule has 3 amide bonds. The van der Waals surface area contributed by atoms with Crippen molar-refractivity contribution < 1.29 is 40.7 Å². The quantitative estimate of drug-likeness (QED) is 0.164. The van der Waals surface area contributed by atoms with Gasteiger partial charge < -0.3 is 16.0 Å². The molecule has 0 aromatic heterocycles. The van der Waals surface area contributed by atoms with Crippen molar-refractivity contribution in [3.8, 4) is 6.07 Å². The number of nitrogens with one attached hydrogen (secondary N) is 3. The highest BCUT2D eigenvalue weighted by molar-refractivity contribution is 6.53. The second kappa shape index (κ2) is 12.8. The van der Waals surface area contributed by atoms with Crippen LogP contribution in [0.2, 0.25) is 5.02 Å². The molecule has 0 heterocycles. The molecule has 1 unspecified atom stereocenters. The van der Waals surface area contributed by atoms with Gasteiger partial charge in [0.15, 0.2) is 5.82 Å². The molecule has 3 atom stereocenters. The first kappa shape index (κ1) is 33.9. The van der Waals surface area contributed by atoms with Crippen molar-refractivity contribution in [2.24, 2.45) is 11.8 Å². The first-order valence-corrected chi connectivity index (χ1v) is 14.0. The maximum atomic E-state index is 15.1. The third-order valence-electron chi connectivity index (χ3n) is 6.94. The standard InChI is InChI=1S/C29H19Cl3F6N4O3/c1-2-12(11-39)25(43)42-24-19(34)7-8-20(23(24)35)41-26(44)15-10-14(4-5-17(15)30)40-27(45)22-21(28(22,31)32)13-3-6-18(33)16(9-13)29(36,37)38/h3-10,12,21-22H,2H2,1H3,(H,40,45)(H,41,44)(H,42,43)/t12?,21-,22+/m0/s1. The summed E-state index contributed by atoms with van der Waals surface area (Å²) in [5.41, 5.74) is -3.45. The van der Waals surface area contributed by atoms with Crippen LogP contribution in [0.25, 0.3) is 0 Å². The van der Waals surface area contributed by atoms with Gasteiger partial charge in [-0.15, -0.1) is 23.2 Å². The lowest BCUT2D eigenvalue weighted by molar-refractivity contribution is -0.140. The second-order valence-corrected chi connectivity index (χ2v) is 11.7. The van der Waals surface area contributed by atoms with Gasteiger partial charge in [0.05, 0.1) is 33.8 Å². The molecule has 0 saturated heterocycles. The van der Waals surface area contributed by atoms with Crippen molar-refractivity contribution in [3.05, 3.63) is 87.7 Å². The van der Waals surface area contributed by atoms with Crippen LogP contribution in [0, 0.1) is 40.6 Å². The first-order valence-electron chi connectivity index (χ1n) is 12.9. The zero-order valence-electron chi connectivity index (χ0n) is 22.6. The highest BCUT2D eigenvalue weighted by Crippen LogP contribution is 2.65. The van der Waals surface area contributed by atoms with Gasteiger partial charge in [0.1, 0.15) is 27.6 Å². The van der Waals surface area contributed by atoms with Crippen LogP contribution >= 0.6 is 34.8 Å². The van der Waals surface area contributed by atoms with E-state index in [2.05, 4.69) is 10.6 Å². The summed E-state index contributed by atoms with van der Waals surface area (Å²) in [4.78, 5) is 38.2. The maximum Gasteiger partial charge on any atom is 0.419 e. The molecular weight excluding hydrogens is 673 g/mol. The number of alkyl halides is 5. The van der Waals surface area contributed by atoms with Crippen LogP contribution in [0.3, 0.4) is 0 Å². The Hall–Kier alpha value is -3.99. The number of nitrogens with zero attached hydrogens (tertiary/aromatic N) is 1. The van der Waals surface area contributed by atoms with E-state index in [1.54, 1.807) is 6.07 Å². The van der Waals surface area contributed by atoms with E-state index in [4.69, 9.17) is 40.1 Å². The number of hydrogen-bond acceptors (Lipinski definition) is 4. The fourth-order valence-electron chi connectivity index (χ4n) is 4.52. The Kier molecular flexibility index (Phi) is 9.63. The van der Waals surface area contributed by atoms with Gasteiger partial charge in [-0.05, 0) is 54.4 Å². The Bertz CT molecular complexity index is 1750. The summed E-state index contributed by atoms with van der Waals surface area (Å²) in [5, 5.41) is 15.5. The fourth-order valence-corrected chi connectivity index (χ4v) is 5.55. The van der Waals surface area contributed by atoms with E-state index >= 15 is 4.39 Å². The number of rotatable bonds is 8. The lowest BCUT2D eigenvalue weighted by Crippen LogP contribution is -2.23. The predicted molar refractivity (Wildman–Crippen MR) is 154 cm³/mol. The fraction of sp³-hybridized carbons (Fsp3) is 0.241. The third kappa shape index (κ3) is 6.98. The van der Waals surface area contributed by atoms with Crippen LogP contribution in [0.4, 0.5) is 43.4 Å². The zero-order valence-corrected chi connectivity index (χ0v) is 24.9. The summed E-state index contributed by atoms with van der Waals surface area (Å²) in [5.74, 6) is -10.4. The maximum absolute atomic E-state index is 15.1. The SMILES string of the molecule is CCC(C#N)C(=O)Nc1c(F)ccc(NC(=O)c2cc(NC(=O)[C@H]3[C@H](c4ccc(F)c(C(F)(F)F)c4)C3(Cl)Cl)ccc2Cl)c1F. The summed E-state index contributed by atoms with van der Waals surface area (Å²) < 4.78 is 80.9. The number of anilines is 3. The molecule has 236 valence electrons. The average Bonchev–Trinajstić information content (AvgIpc) is 3.55. The number of benzene rings is 3. The molecule has 0 radical (unpaired) electrons. The Morgan fingerprint density at radius 3 is 2.27 bits per heavy atom. The van der Waals surface area contributed by atoms with E-state index in [0.717, 1.165) is 24.3 Å². The number of halogens is 9. The number of carbonyl (C=O) groups is 3. The first-order chi connectivity index (χ1) is 21.0. The van der Waals surface area contributed by atoms with Crippen molar-refractivity contribution in [1.29, 1.82) is 5.26 Å². The van der Waals surface area contributed by atoms with Crippen LogP contribution in [-0.2, 0) is 15.8 Å². The molecule has 3 aromatic rings. The van der Waals surface area contributed by atoms with Gasteiger partial charge in [-0.3, -0.25) is 14.4 Å². The minimum absolute atomic E-state index is 0.0333. The lowest BCUT2D eigenvalue weighted by atomic mass is 10.0. The van der Waals surface area contributed by atoms with Crippen molar-refractivity contribution >= 4 is 69.6 Å². The average molecular weight is 692 g/mol. The van der Waals surface area contributed by atoms with E-state index in [1.165, 1.54) is 19.1 Å². The van der Waals surface area contributed by atoms with Crippen molar-refractivity contribution in [1.82, 2.24) is 0 Å². The Balaban J connectivity index is 1.52. The summed E-state index contributed by atoms with van der Waals surface area (Å²) >= 11 is 18.6. The lowest BCUT2D eigenvalue weighted by Gasteiger charge is -2.14. The number of carbonyl (C=O) groups excluding carboxylic acids is 3. The van der Waals surface area contributed by atoms with Crippen molar-refractivity contribution in [2.75, 3.05) is 16.0 Å². The molecule has 0 aliphatic heterocycles. The van der Waals surface area contributed by atoms with Crippen LogP contribution in [0.15, 0.2) is 48.5 Å². The normalized spacial score (nSPS) is 17.5. The number of hydrogen-bond donors (Lipinski definition) is 3. The van der Waals surface area contributed by atoms with Crippen molar-refractivity contribution in [3.63, 3.8) is 0 Å². The van der Waals surface area contributed by atoms with Crippen LogP contribution in [-0.4, -0.2) is 22.1 Å². The minimum Gasteiger partial charge on any atom is -0.326 e. The summed E-state index contributed by atoms with van der Waals surface area (Å²) in [6.45, 7) is 1.53. The summed E-state index contributed by atoms with van der Waals surface area (Å²) in [6.07, 6.45) is -4.92. The Morgan fingerprint density at radius 2 is 1.64 bits per heavy atom. The van der Waals surface area contributed by atoms with Gasteiger partial charge in [0.2, 0.25) is 11.8 Å². The molecule has 3 N–H and O–H groups in total. The van der Waals surface area contributed by atoms with Gasteiger partial charge in [-0.25, -0.2) is 13.2 Å². The van der Waals surface area contributed by atoms with Gasteiger partial charge in [0.25, 0.3) is 5.91 Å². The number of amides is 3. The van der Waals surface area contributed by atoms with E-state index < -0.39 is 80.4 Å². The molecule has 0 spiro atoms. The highest BCUT2D eigenvalue weighted by Gasteiger charge is 2.67. The molecule has 1 saturated carbocycles. The largest absolute Gasteiger partial charge is 0.419 e. The molecular formula is C29H19Cl3F6N4O3. The Labute approximate surface area is 266 Å². The van der Waals surface area contributed by atoms with E-state index in [0.29, 0.717) is 12.1 Å². The molecule has 1 aliphatic rings. The predicted octanol–water partition coefficient (Wildman–Crippen LogP) is 8.04. The minimum atomic E-state index is -5.00. The zero-order chi connectivity index (χ0) is 33.4. The van der Waals surface area contributed by atoms with Gasteiger partial charge >= 0.3 is 6.18 Å². The van der Waals surface area contributed by atoms with E-state index in [9.17, 15) is 36.3 Å². The van der Waals surface area contributed by atoms with Gasteiger partial charge in [-0.2, -0.15) is 18.4 Å². The topological polar surface area (TPSA) is 111 Å². The van der Waals surface area contributed by atoms with E-state index in [-0.39, 0.29) is 28.3 Å². The number of nitriles is 1. The molecule has 7 nitrogen and oxygen atoms in total. The smallest absolute Gasteiger partial charge is 0.326 e. The van der Waals surface area contributed by atoms with Gasteiger partial charge in [-0.1, -0.05) is 24.6 Å². The molecule has 4 rings (SSSR count). The summed E-state index contributed by atoms with van der Waals surface area (Å²) in [7, 11) is 0. The monoisotopic (exact) mass is 690 g/mol. The van der Waals surface area contributed by atoms with Gasteiger partial charge in [0, 0.05) is 11.6 Å². The second-order valence-electron chi connectivity index (χ2n) is 9.87. The Morgan fingerprint density at radius 1 is 0.978 bits per heavy atom. The molecule has 45 heavy (non-hydrogen) atoms. The molecule has 1 fully saturated rings. The molecule has 0 bridgehead atoms. The van der Waals surface area contributed by atoms with Crippen molar-refractivity contribution in [2.45, 2.75) is 29.8 Å². The van der Waals surface area contributed by atoms with Crippen LogP contribution in [0.5, 0.6) is 0 Å². The molecule has 1 aliphatic carbocycles. The molecule has 16 heteroatoms. The highest BCUT2D eigenvalue weighted by atomic mass is 35.5. The van der Waals surface area contributed by atoms with Crippen LogP contribution < -0.4 is 16.0 Å².